The summed E-state index contributed by atoms with van der Waals surface area (Å²) in [5, 5.41) is 0. The number of carbonyl (C=O) groups excluding carboxylic acids is 1. The van der Waals surface area contributed by atoms with E-state index in [9.17, 15) is 4.79 Å². The smallest absolute Gasteiger partial charge is 0.410 e. The summed E-state index contributed by atoms with van der Waals surface area (Å²) in [4.78, 5) is 13.8. The summed E-state index contributed by atoms with van der Waals surface area (Å²) in [6.07, 6.45) is 2.65. The minimum atomic E-state index is -0.171. The Balaban J connectivity index is 1.86. The molecule has 0 saturated carbocycles. The minimum Gasteiger partial charge on any atom is -0.446 e. The van der Waals surface area contributed by atoms with Crippen LogP contribution in [0.2, 0.25) is 0 Å². The van der Waals surface area contributed by atoms with E-state index in [1.165, 1.54) is 5.56 Å². The van der Waals surface area contributed by atoms with E-state index in [0.29, 0.717) is 5.92 Å². The molecule has 1 amide bonds. The highest BCUT2D eigenvalue weighted by molar-refractivity contribution is 5.68. The molecular weight excluding hydrogens is 252 g/mol. The van der Waals surface area contributed by atoms with Crippen LogP contribution in [0.5, 0.6) is 0 Å². The van der Waals surface area contributed by atoms with Gasteiger partial charge < -0.3 is 15.4 Å². The maximum Gasteiger partial charge on any atom is 0.410 e. The number of amides is 1. The third-order valence-electron chi connectivity index (χ3n) is 4.04. The van der Waals surface area contributed by atoms with Crippen LogP contribution in [-0.2, 0) is 4.74 Å². The molecule has 1 aromatic rings. The summed E-state index contributed by atoms with van der Waals surface area (Å²) in [6.45, 7) is 5.49. The van der Waals surface area contributed by atoms with Crippen molar-refractivity contribution in [3.8, 4) is 0 Å². The van der Waals surface area contributed by atoms with E-state index < -0.39 is 0 Å². The second kappa shape index (κ2) is 6.64. The van der Waals surface area contributed by atoms with E-state index in [0.717, 1.165) is 38.0 Å². The normalized spacial score (nSPS) is 17.8. The van der Waals surface area contributed by atoms with Crippen molar-refractivity contribution < 1.29 is 9.53 Å². The molecule has 110 valence electrons. The number of nitrogens with zero attached hydrogens (tertiary/aromatic N) is 1. The van der Waals surface area contributed by atoms with E-state index in [-0.39, 0.29) is 12.2 Å². The van der Waals surface area contributed by atoms with Crippen LogP contribution in [0.15, 0.2) is 24.3 Å². The summed E-state index contributed by atoms with van der Waals surface area (Å²) in [6, 6.07) is 8.07. The molecule has 1 aromatic carbocycles. The van der Waals surface area contributed by atoms with Crippen molar-refractivity contribution in [3.63, 3.8) is 0 Å². The van der Waals surface area contributed by atoms with Crippen LogP contribution >= 0.6 is 0 Å². The molecule has 4 heteroatoms. The summed E-state index contributed by atoms with van der Waals surface area (Å²) in [7, 11) is 0. The quantitative estimate of drug-likeness (QED) is 0.861. The van der Waals surface area contributed by atoms with E-state index in [4.69, 9.17) is 10.5 Å². The Morgan fingerprint density at radius 1 is 1.35 bits per heavy atom. The summed E-state index contributed by atoms with van der Waals surface area (Å²) < 4.78 is 5.37. The van der Waals surface area contributed by atoms with Crippen LogP contribution in [0.25, 0.3) is 0 Å². The molecule has 1 saturated heterocycles. The molecule has 1 unspecified atom stereocenters. The first-order valence-corrected chi connectivity index (χ1v) is 7.41. The fourth-order valence-corrected chi connectivity index (χ4v) is 2.49. The SMILES string of the molecule is CCC(C)OC(=O)N1CCC(c2ccc(N)cc2)CC1. The lowest BCUT2D eigenvalue weighted by Crippen LogP contribution is -2.39. The molecule has 1 heterocycles. The van der Waals surface area contributed by atoms with E-state index >= 15 is 0 Å². The zero-order chi connectivity index (χ0) is 14.5. The van der Waals surface area contributed by atoms with Gasteiger partial charge in [-0.25, -0.2) is 4.79 Å². The van der Waals surface area contributed by atoms with Gasteiger partial charge >= 0.3 is 6.09 Å². The molecular formula is C16H24N2O2. The number of hydrogen-bond donors (Lipinski definition) is 1. The van der Waals surface area contributed by atoms with Gasteiger partial charge in [-0.05, 0) is 49.8 Å². The summed E-state index contributed by atoms with van der Waals surface area (Å²) in [5.74, 6) is 0.517. The van der Waals surface area contributed by atoms with Crippen molar-refractivity contribution in [1.29, 1.82) is 0 Å². The monoisotopic (exact) mass is 276 g/mol. The maximum atomic E-state index is 11.9. The number of likely N-dealkylation sites (tertiary alicyclic amines) is 1. The number of piperidine rings is 1. The van der Waals surface area contributed by atoms with Crippen molar-refractivity contribution in [2.75, 3.05) is 18.8 Å². The van der Waals surface area contributed by atoms with Crippen molar-refractivity contribution in [2.45, 2.75) is 45.1 Å². The van der Waals surface area contributed by atoms with E-state index in [2.05, 4.69) is 12.1 Å². The highest BCUT2D eigenvalue weighted by Crippen LogP contribution is 2.28. The molecule has 4 nitrogen and oxygen atoms in total. The van der Waals surface area contributed by atoms with Crippen LogP contribution in [0.1, 0.15) is 44.6 Å². The lowest BCUT2D eigenvalue weighted by atomic mass is 9.89. The van der Waals surface area contributed by atoms with Crippen LogP contribution in [-0.4, -0.2) is 30.2 Å². The topological polar surface area (TPSA) is 55.6 Å². The van der Waals surface area contributed by atoms with Crippen LogP contribution in [0.4, 0.5) is 10.5 Å². The number of benzene rings is 1. The number of nitrogens with two attached hydrogens (primary N) is 1. The minimum absolute atomic E-state index is 0.00248. The Morgan fingerprint density at radius 3 is 2.50 bits per heavy atom. The molecule has 0 spiro atoms. The van der Waals surface area contributed by atoms with Crippen molar-refractivity contribution in [1.82, 2.24) is 4.90 Å². The first-order chi connectivity index (χ1) is 9.60. The highest BCUT2D eigenvalue weighted by Gasteiger charge is 2.25. The van der Waals surface area contributed by atoms with Crippen molar-refractivity contribution in [3.05, 3.63) is 29.8 Å². The van der Waals surface area contributed by atoms with E-state index in [1.54, 1.807) is 0 Å². The average Bonchev–Trinajstić information content (AvgIpc) is 2.48. The van der Waals surface area contributed by atoms with Gasteiger partial charge in [0.15, 0.2) is 0 Å². The van der Waals surface area contributed by atoms with Crippen molar-refractivity contribution in [2.24, 2.45) is 0 Å². The Hall–Kier alpha value is -1.71. The van der Waals surface area contributed by atoms with Crippen LogP contribution < -0.4 is 5.73 Å². The number of nitrogen functional groups attached to an aromatic ring is 1. The van der Waals surface area contributed by atoms with Gasteiger partial charge in [-0.2, -0.15) is 0 Å². The van der Waals surface area contributed by atoms with Gasteiger partial charge in [0.25, 0.3) is 0 Å². The molecule has 2 N–H and O–H groups in total. The predicted molar refractivity (Wildman–Crippen MR) is 80.6 cm³/mol. The molecule has 0 aliphatic carbocycles. The maximum absolute atomic E-state index is 11.9. The van der Waals surface area contributed by atoms with Gasteiger partial charge in [0.1, 0.15) is 6.10 Å². The number of ether oxygens (including phenoxy) is 1. The highest BCUT2D eigenvalue weighted by atomic mass is 16.6. The molecule has 0 bridgehead atoms. The second-order valence-corrected chi connectivity index (χ2v) is 5.53. The zero-order valence-electron chi connectivity index (χ0n) is 12.3. The Kier molecular flexibility index (Phi) is 4.88. The van der Waals surface area contributed by atoms with Gasteiger partial charge in [0, 0.05) is 18.8 Å². The number of rotatable bonds is 3. The van der Waals surface area contributed by atoms with Gasteiger partial charge in [-0.3, -0.25) is 0 Å². The number of hydrogen-bond acceptors (Lipinski definition) is 3. The first-order valence-electron chi connectivity index (χ1n) is 7.41. The molecule has 0 aromatic heterocycles. The van der Waals surface area contributed by atoms with Crippen LogP contribution in [0, 0.1) is 0 Å². The Morgan fingerprint density at radius 2 is 1.95 bits per heavy atom. The molecule has 1 aliphatic rings. The van der Waals surface area contributed by atoms with Gasteiger partial charge in [-0.1, -0.05) is 19.1 Å². The van der Waals surface area contributed by atoms with Gasteiger partial charge in [-0.15, -0.1) is 0 Å². The molecule has 2 rings (SSSR count). The third kappa shape index (κ3) is 3.65. The summed E-state index contributed by atoms with van der Waals surface area (Å²) in [5.41, 5.74) is 7.82. The average molecular weight is 276 g/mol. The molecule has 0 radical (unpaired) electrons. The number of carbonyl (C=O) groups is 1. The molecule has 20 heavy (non-hydrogen) atoms. The molecule has 1 fully saturated rings. The Bertz CT molecular complexity index is 436. The molecule has 1 atom stereocenters. The summed E-state index contributed by atoms with van der Waals surface area (Å²) >= 11 is 0. The Labute approximate surface area is 120 Å². The van der Waals surface area contributed by atoms with Gasteiger partial charge in [0.05, 0.1) is 0 Å². The van der Waals surface area contributed by atoms with Crippen LogP contribution in [0.3, 0.4) is 0 Å². The largest absolute Gasteiger partial charge is 0.446 e. The molecule has 1 aliphatic heterocycles. The fraction of sp³-hybridized carbons (Fsp3) is 0.562. The zero-order valence-corrected chi connectivity index (χ0v) is 12.3. The first kappa shape index (κ1) is 14.7. The van der Waals surface area contributed by atoms with Gasteiger partial charge in [0.2, 0.25) is 0 Å². The van der Waals surface area contributed by atoms with E-state index in [1.807, 2.05) is 30.9 Å². The fourth-order valence-electron chi connectivity index (χ4n) is 2.49. The van der Waals surface area contributed by atoms with Crippen molar-refractivity contribution >= 4 is 11.8 Å². The standard InChI is InChI=1S/C16H24N2O2/c1-3-12(2)20-16(19)18-10-8-14(9-11-18)13-4-6-15(17)7-5-13/h4-7,12,14H,3,8-11,17H2,1-2H3. The third-order valence-corrected chi connectivity index (χ3v) is 4.04. The predicted octanol–water partition coefficient (Wildman–Crippen LogP) is 3.38. The number of anilines is 1. The lowest BCUT2D eigenvalue weighted by molar-refractivity contribution is 0.0614. The lowest BCUT2D eigenvalue weighted by Gasteiger charge is -2.32. The second-order valence-electron chi connectivity index (χ2n) is 5.53.